The second-order valence-corrected chi connectivity index (χ2v) is 8.73. The van der Waals surface area contributed by atoms with Gasteiger partial charge >= 0.3 is 0 Å². The van der Waals surface area contributed by atoms with Crippen LogP contribution in [0.2, 0.25) is 0 Å². The second-order valence-electron chi connectivity index (χ2n) is 5.79. The molecule has 0 bridgehead atoms. The molecule has 1 amide bonds. The first kappa shape index (κ1) is 18.0. The molecule has 9 heteroatoms. The molecule has 1 aliphatic heterocycles. The van der Waals surface area contributed by atoms with E-state index in [4.69, 9.17) is 4.74 Å². The molecule has 2 aromatic heterocycles. The van der Waals surface area contributed by atoms with Crippen LogP contribution in [-0.4, -0.2) is 45.1 Å². The van der Waals surface area contributed by atoms with Crippen LogP contribution in [0.1, 0.15) is 5.56 Å². The van der Waals surface area contributed by atoms with Crippen molar-refractivity contribution in [1.82, 2.24) is 15.0 Å². The Kier molecular flexibility index (Phi) is 5.79. The van der Waals surface area contributed by atoms with E-state index >= 15 is 0 Å². The van der Waals surface area contributed by atoms with E-state index in [0.717, 1.165) is 23.3 Å². The Hall–Kier alpha value is -1.81. The zero-order valence-electron chi connectivity index (χ0n) is 13.4. The van der Waals surface area contributed by atoms with Gasteiger partial charge in [-0.05, 0) is 35.6 Å². The lowest BCUT2D eigenvalue weighted by molar-refractivity contribution is -0.120. The van der Waals surface area contributed by atoms with Crippen LogP contribution in [0.4, 0.5) is 0 Å². The molecule has 1 saturated heterocycles. The number of nitrogens with one attached hydrogen (secondary N) is 2. The Bertz CT molecular complexity index is 794. The lowest BCUT2D eigenvalue weighted by Crippen LogP contribution is -2.45. The van der Waals surface area contributed by atoms with E-state index in [-0.39, 0.29) is 28.6 Å². The molecule has 134 valence electrons. The molecule has 0 unspecified atom stereocenters. The third-order valence-corrected chi connectivity index (χ3v) is 6.77. The van der Waals surface area contributed by atoms with Gasteiger partial charge in [-0.3, -0.25) is 9.78 Å². The number of thiophene rings is 1. The average molecular weight is 381 g/mol. The van der Waals surface area contributed by atoms with Crippen molar-refractivity contribution in [2.45, 2.75) is 16.7 Å². The topological polar surface area (TPSA) is 97.4 Å². The highest BCUT2D eigenvalue weighted by Crippen LogP contribution is 2.19. The normalized spacial score (nSPS) is 20.5. The molecule has 0 radical (unpaired) electrons. The van der Waals surface area contributed by atoms with Crippen molar-refractivity contribution < 1.29 is 17.9 Å². The van der Waals surface area contributed by atoms with Crippen LogP contribution in [0.25, 0.3) is 0 Å². The van der Waals surface area contributed by atoms with Gasteiger partial charge < -0.3 is 10.1 Å². The lowest BCUT2D eigenvalue weighted by atomic mass is 9.95. The van der Waals surface area contributed by atoms with Crippen LogP contribution in [0, 0.1) is 5.92 Å². The van der Waals surface area contributed by atoms with Crippen molar-refractivity contribution >= 4 is 27.3 Å². The number of carbonyl (C=O) groups excluding carboxylic acids is 1. The summed E-state index contributed by atoms with van der Waals surface area (Å²) in [6.07, 6.45) is 4.24. The van der Waals surface area contributed by atoms with E-state index in [1.807, 2.05) is 12.1 Å². The monoisotopic (exact) mass is 381 g/mol. The molecule has 0 aromatic carbocycles. The number of aromatic nitrogens is 1. The number of carbonyl (C=O) groups is 1. The van der Waals surface area contributed by atoms with Gasteiger partial charge in [0.15, 0.2) is 0 Å². The summed E-state index contributed by atoms with van der Waals surface area (Å²) in [5.74, 6) is -0.212. The molecule has 3 heterocycles. The standard InChI is InChI=1S/C16H19N3O4S2/c20-15(9-18-25(21,22)16-2-1-7-24-16)19-14-11-23-10-13(14)8-12-3-5-17-6-4-12/h1-7,13-14,18H,8-11H2,(H,19,20)/t13-,14+/m1/s1. The Balaban J connectivity index is 1.52. The van der Waals surface area contributed by atoms with E-state index in [1.165, 1.54) is 6.07 Å². The predicted molar refractivity (Wildman–Crippen MR) is 93.7 cm³/mol. The van der Waals surface area contributed by atoms with Gasteiger partial charge in [-0.25, -0.2) is 13.1 Å². The van der Waals surface area contributed by atoms with Gasteiger partial charge in [0.25, 0.3) is 10.0 Å². The Labute approximate surface area is 150 Å². The molecule has 1 fully saturated rings. The van der Waals surface area contributed by atoms with Gasteiger partial charge in [-0.1, -0.05) is 6.07 Å². The molecular weight excluding hydrogens is 362 g/mol. The highest BCUT2D eigenvalue weighted by Gasteiger charge is 2.30. The third kappa shape index (κ3) is 4.85. The number of amides is 1. The molecule has 0 spiro atoms. The number of pyridine rings is 1. The van der Waals surface area contributed by atoms with Crippen LogP contribution >= 0.6 is 11.3 Å². The highest BCUT2D eigenvalue weighted by atomic mass is 32.2. The van der Waals surface area contributed by atoms with Crippen molar-refractivity contribution in [3.8, 4) is 0 Å². The number of hydrogen-bond donors (Lipinski definition) is 2. The van der Waals surface area contributed by atoms with E-state index in [9.17, 15) is 13.2 Å². The quantitative estimate of drug-likeness (QED) is 0.739. The zero-order chi connectivity index (χ0) is 17.7. The Morgan fingerprint density at radius 1 is 1.28 bits per heavy atom. The van der Waals surface area contributed by atoms with E-state index in [2.05, 4.69) is 15.0 Å². The molecule has 7 nitrogen and oxygen atoms in total. The minimum absolute atomic E-state index is 0.132. The fourth-order valence-electron chi connectivity index (χ4n) is 2.69. The fraction of sp³-hybridized carbons (Fsp3) is 0.375. The molecule has 0 aliphatic carbocycles. The third-order valence-electron chi connectivity index (χ3n) is 3.97. The minimum Gasteiger partial charge on any atom is -0.379 e. The number of ether oxygens (including phenoxy) is 1. The van der Waals surface area contributed by atoms with Gasteiger partial charge in [-0.2, -0.15) is 0 Å². The smallest absolute Gasteiger partial charge is 0.250 e. The molecule has 2 N–H and O–H groups in total. The van der Waals surface area contributed by atoms with Crippen molar-refractivity contribution in [3.63, 3.8) is 0 Å². The predicted octanol–water partition coefficient (Wildman–Crippen LogP) is 0.795. The van der Waals surface area contributed by atoms with Crippen molar-refractivity contribution in [2.75, 3.05) is 19.8 Å². The first-order valence-corrected chi connectivity index (χ1v) is 10.2. The molecule has 2 aromatic rings. The summed E-state index contributed by atoms with van der Waals surface area (Å²) in [5, 5.41) is 4.54. The summed E-state index contributed by atoms with van der Waals surface area (Å²) >= 11 is 1.11. The van der Waals surface area contributed by atoms with E-state index in [0.29, 0.717) is 13.2 Å². The van der Waals surface area contributed by atoms with Crippen molar-refractivity contribution in [1.29, 1.82) is 0 Å². The maximum atomic E-state index is 12.1. The number of hydrogen-bond acceptors (Lipinski definition) is 6. The molecule has 25 heavy (non-hydrogen) atoms. The summed E-state index contributed by atoms with van der Waals surface area (Å²) < 4.78 is 32.1. The maximum Gasteiger partial charge on any atom is 0.250 e. The second kappa shape index (κ2) is 8.05. The van der Waals surface area contributed by atoms with Crippen molar-refractivity contribution in [3.05, 3.63) is 47.6 Å². The average Bonchev–Trinajstić information content (AvgIpc) is 3.27. The first-order chi connectivity index (χ1) is 12.0. The summed E-state index contributed by atoms with van der Waals surface area (Å²) in [6.45, 7) is 0.700. The van der Waals surface area contributed by atoms with Gasteiger partial charge in [0.1, 0.15) is 4.21 Å². The minimum atomic E-state index is -3.64. The Morgan fingerprint density at radius 2 is 2.08 bits per heavy atom. The zero-order valence-corrected chi connectivity index (χ0v) is 15.1. The van der Waals surface area contributed by atoms with Crippen LogP contribution in [0.15, 0.2) is 46.2 Å². The lowest BCUT2D eigenvalue weighted by Gasteiger charge is -2.19. The summed E-state index contributed by atoms with van der Waals surface area (Å²) in [6, 6.07) is 6.89. The molecule has 3 rings (SSSR count). The molecule has 0 saturated carbocycles. The van der Waals surface area contributed by atoms with Crippen molar-refractivity contribution in [2.24, 2.45) is 5.92 Å². The SMILES string of the molecule is O=C(CNS(=O)(=O)c1cccs1)N[C@H]1COC[C@H]1Cc1ccncc1. The van der Waals surface area contributed by atoms with Crippen LogP contribution in [0.3, 0.4) is 0 Å². The summed E-state index contributed by atoms with van der Waals surface area (Å²) in [5.41, 5.74) is 1.13. The van der Waals surface area contributed by atoms with Gasteiger partial charge in [0.2, 0.25) is 5.91 Å². The Morgan fingerprint density at radius 3 is 2.80 bits per heavy atom. The van der Waals surface area contributed by atoms with Crippen LogP contribution in [-0.2, 0) is 26.0 Å². The summed E-state index contributed by atoms with van der Waals surface area (Å²) in [7, 11) is -3.64. The van der Waals surface area contributed by atoms with Gasteiger partial charge in [-0.15, -0.1) is 11.3 Å². The summed E-state index contributed by atoms with van der Waals surface area (Å²) in [4.78, 5) is 16.1. The fourth-order valence-corrected chi connectivity index (χ4v) is 4.71. The van der Waals surface area contributed by atoms with Crippen LogP contribution in [0.5, 0.6) is 0 Å². The first-order valence-electron chi connectivity index (χ1n) is 7.84. The maximum absolute atomic E-state index is 12.1. The molecule has 2 atom stereocenters. The molecule has 1 aliphatic rings. The van der Waals surface area contributed by atoms with Gasteiger partial charge in [0.05, 0.1) is 25.8 Å². The van der Waals surface area contributed by atoms with Crippen LogP contribution < -0.4 is 10.0 Å². The largest absolute Gasteiger partial charge is 0.379 e. The number of sulfonamides is 1. The van der Waals surface area contributed by atoms with E-state index in [1.54, 1.807) is 23.8 Å². The molecular formula is C16H19N3O4S2. The number of nitrogens with zero attached hydrogens (tertiary/aromatic N) is 1. The number of rotatable bonds is 7. The highest BCUT2D eigenvalue weighted by molar-refractivity contribution is 7.91. The van der Waals surface area contributed by atoms with Gasteiger partial charge in [0, 0.05) is 18.3 Å². The van der Waals surface area contributed by atoms with E-state index < -0.39 is 10.0 Å².